The number of urea groups is 2. The van der Waals surface area contributed by atoms with E-state index in [2.05, 4.69) is 44.8 Å². The lowest BCUT2D eigenvalue weighted by Gasteiger charge is -2.43. The first-order valence-electron chi connectivity index (χ1n) is 13.3. The summed E-state index contributed by atoms with van der Waals surface area (Å²) < 4.78 is 4.88. The lowest BCUT2D eigenvalue weighted by molar-refractivity contribution is -0.133. The third kappa shape index (κ3) is 4.80. The molecule has 2 aliphatic rings. The zero-order valence-electron chi connectivity index (χ0n) is 22.3. The normalized spacial score (nSPS) is 18.2. The summed E-state index contributed by atoms with van der Waals surface area (Å²) in [6.45, 7) is 3.33. The number of hydrogen-bond acceptors (Lipinski definition) is 7. The third-order valence-electron chi connectivity index (χ3n) is 7.68. The summed E-state index contributed by atoms with van der Waals surface area (Å²) in [6.07, 6.45) is 0. The number of amides is 4. The van der Waals surface area contributed by atoms with Crippen LogP contribution < -0.4 is 5.32 Å². The fourth-order valence-corrected chi connectivity index (χ4v) is 5.76. The quantitative estimate of drug-likeness (QED) is 0.377. The van der Waals surface area contributed by atoms with E-state index in [0.717, 1.165) is 16.0 Å². The van der Waals surface area contributed by atoms with E-state index in [1.807, 2.05) is 36.4 Å². The summed E-state index contributed by atoms with van der Waals surface area (Å²) in [5, 5.41) is 20.5. The molecule has 41 heavy (non-hydrogen) atoms. The van der Waals surface area contributed by atoms with Gasteiger partial charge in [-0.3, -0.25) is 4.90 Å². The van der Waals surface area contributed by atoms with Gasteiger partial charge in [0, 0.05) is 37.4 Å². The molecule has 0 saturated carbocycles. The molecule has 2 aliphatic heterocycles. The van der Waals surface area contributed by atoms with Gasteiger partial charge in [-0.1, -0.05) is 72.8 Å². The van der Waals surface area contributed by atoms with Crippen molar-refractivity contribution in [2.75, 3.05) is 26.2 Å². The number of piperazine rings is 1. The van der Waals surface area contributed by atoms with Gasteiger partial charge in [0.25, 0.3) is 0 Å². The molecule has 2 N–H and O–H groups in total. The first-order chi connectivity index (χ1) is 19.9. The number of aromatic nitrogens is 2. The second kappa shape index (κ2) is 10.9. The highest BCUT2D eigenvalue weighted by Crippen LogP contribution is 2.38. The van der Waals surface area contributed by atoms with Crippen molar-refractivity contribution < 1.29 is 24.1 Å². The lowest BCUT2D eigenvalue weighted by Crippen LogP contribution is -2.58. The maximum absolute atomic E-state index is 14.0. The molecule has 208 valence electrons. The molecule has 1 unspecified atom stereocenters. The predicted molar refractivity (Wildman–Crippen MR) is 149 cm³/mol. The Morgan fingerprint density at radius 3 is 2.15 bits per heavy atom. The number of imide groups is 1. The summed E-state index contributed by atoms with van der Waals surface area (Å²) in [4.78, 5) is 44.7. The molecule has 1 atom stereocenters. The van der Waals surface area contributed by atoms with E-state index in [-0.39, 0.29) is 22.8 Å². The Morgan fingerprint density at radius 2 is 1.54 bits per heavy atom. The van der Waals surface area contributed by atoms with Crippen molar-refractivity contribution in [1.82, 2.24) is 30.3 Å². The Morgan fingerprint density at radius 1 is 0.902 bits per heavy atom. The number of aliphatic carboxylic acids is 1. The van der Waals surface area contributed by atoms with Gasteiger partial charge in [0.1, 0.15) is 17.1 Å². The molecule has 0 radical (unpaired) electrons. The SMILES string of the molecule is CC1=C(C(=O)O)C(c2cccc3nonc23)N(C(=O)N2CCN(C(c3ccccc3)c3ccccc3)CC2)C(=O)N1. The van der Waals surface area contributed by atoms with E-state index >= 15 is 0 Å². The maximum atomic E-state index is 14.0. The molecular weight excluding hydrogens is 524 g/mol. The van der Waals surface area contributed by atoms with Crippen LogP contribution in [0.1, 0.15) is 35.7 Å². The first kappa shape index (κ1) is 26.2. The van der Waals surface area contributed by atoms with Crippen LogP contribution in [0.4, 0.5) is 9.59 Å². The summed E-state index contributed by atoms with van der Waals surface area (Å²) in [7, 11) is 0. The van der Waals surface area contributed by atoms with Crippen molar-refractivity contribution >= 4 is 29.1 Å². The minimum atomic E-state index is -1.25. The van der Waals surface area contributed by atoms with Gasteiger partial charge in [-0.25, -0.2) is 23.9 Å². The van der Waals surface area contributed by atoms with Gasteiger partial charge in [0.15, 0.2) is 0 Å². The van der Waals surface area contributed by atoms with Crippen LogP contribution in [0.15, 0.2) is 94.8 Å². The molecule has 0 bridgehead atoms. The summed E-state index contributed by atoms with van der Waals surface area (Å²) in [5.41, 5.74) is 3.35. The van der Waals surface area contributed by atoms with Gasteiger partial charge in [0.2, 0.25) is 0 Å². The molecule has 3 heterocycles. The Balaban J connectivity index is 1.30. The van der Waals surface area contributed by atoms with Crippen LogP contribution in [-0.4, -0.2) is 74.3 Å². The highest BCUT2D eigenvalue weighted by molar-refractivity contribution is 6.02. The van der Waals surface area contributed by atoms with Gasteiger partial charge in [-0.05, 0) is 34.4 Å². The molecule has 6 rings (SSSR count). The van der Waals surface area contributed by atoms with Crippen molar-refractivity contribution in [3.05, 3.63) is 107 Å². The van der Waals surface area contributed by atoms with Crippen molar-refractivity contribution in [2.45, 2.75) is 19.0 Å². The van der Waals surface area contributed by atoms with Gasteiger partial charge in [-0.15, -0.1) is 0 Å². The maximum Gasteiger partial charge on any atom is 0.335 e. The number of fused-ring (bicyclic) bond motifs is 1. The largest absolute Gasteiger partial charge is 0.478 e. The average molecular weight is 553 g/mol. The number of benzene rings is 3. The number of carboxylic acid groups (broad SMARTS) is 1. The number of nitrogens with zero attached hydrogens (tertiary/aromatic N) is 5. The summed E-state index contributed by atoms with van der Waals surface area (Å²) >= 11 is 0. The minimum absolute atomic E-state index is 0.00199. The van der Waals surface area contributed by atoms with Crippen LogP contribution >= 0.6 is 0 Å². The third-order valence-corrected chi connectivity index (χ3v) is 7.68. The van der Waals surface area contributed by atoms with Crippen LogP contribution in [0.25, 0.3) is 11.0 Å². The molecule has 4 aromatic rings. The van der Waals surface area contributed by atoms with Gasteiger partial charge in [0.05, 0.1) is 11.6 Å². The van der Waals surface area contributed by atoms with Crippen molar-refractivity contribution in [1.29, 1.82) is 0 Å². The molecule has 4 amide bonds. The molecule has 0 aliphatic carbocycles. The molecule has 3 aromatic carbocycles. The number of carbonyl (C=O) groups is 3. The number of hydrogen-bond donors (Lipinski definition) is 2. The van der Waals surface area contributed by atoms with E-state index < -0.39 is 24.1 Å². The highest BCUT2D eigenvalue weighted by Gasteiger charge is 2.44. The standard InChI is InChI=1S/C30H28N6O5/c1-19-24(28(37)38)27(22-13-8-14-23-25(22)33-41-32-23)36(29(39)31-19)30(40)35-17-15-34(16-18-35)26(20-9-4-2-5-10-20)21-11-6-3-7-12-21/h2-14,26-27H,15-18H2,1H3,(H,31,39)(H,37,38). The Bertz CT molecular complexity index is 1590. The van der Waals surface area contributed by atoms with E-state index in [1.165, 1.54) is 6.92 Å². The van der Waals surface area contributed by atoms with E-state index in [0.29, 0.717) is 37.3 Å². The smallest absolute Gasteiger partial charge is 0.335 e. The van der Waals surface area contributed by atoms with E-state index in [9.17, 15) is 19.5 Å². The summed E-state index contributed by atoms with van der Waals surface area (Å²) in [6, 6.07) is 22.9. The van der Waals surface area contributed by atoms with Gasteiger partial charge < -0.3 is 15.3 Å². The fourth-order valence-electron chi connectivity index (χ4n) is 5.76. The molecule has 1 saturated heterocycles. The zero-order chi connectivity index (χ0) is 28.5. The second-order valence-electron chi connectivity index (χ2n) is 10.1. The van der Waals surface area contributed by atoms with Crippen molar-refractivity contribution in [3.63, 3.8) is 0 Å². The Hall–Kier alpha value is -5.03. The molecule has 11 heteroatoms. The van der Waals surface area contributed by atoms with Gasteiger partial charge in [-0.2, -0.15) is 0 Å². The van der Waals surface area contributed by atoms with Gasteiger partial charge >= 0.3 is 18.0 Å². The van der Waals surface area contributed by atoms with Crippen molar-refractivity contribution in [2.24, 2.45) is 0 Å². The molecule has 1 aromatic heterocycles. The molecule has 1 fully saturated rings. The lowest BCUT2D eigenvalue weighted by atomic mass is 9.93. The van der Waals surface area contributed by atoms with Crippen LogP contribution in [-0.2, 0) is 4.79 Å². The molecular formula is C30H28N6O5. The van der Waals surface area contributed by atoms with Crippen LogP contribution in [0.5, 0.6) is 0 Å². The topological polar surface area (TPSA) is 132 Å². The Kier molecular flexibility index (Phi) is 6.94. The first-order valence-corrected chi connectivity index (χ1v) is 13.3. The summed E-state index contributed by atoms with van der Waals surface area (Å²) in [5.74, 6) is -1.25. The van der Waals surface area contributed by atoms with E-state index in [4.69, 9.17) is 4.63 Å². The average Bonchev–Trinajstić information content (AvgIpc) is 3.47. The molecule has 11 nitrogen and oxygen atoms in total. The van der Waals surface area contributed by atoms with Crippen LogP contribution in [0.3, 0.4) is 0 Å². The predicted octanol–water partition coefficient (Wildman–Crippen LogP) is 4.17. The van der Waals surface area contributed by atoms with Crippen molar-refractivity contribution in [3.8, 4) is 0 Å². The number of rotatable bonds is 5. The number of allylic oxidation sites excluding steroid dienone is 1. The monoisotopic (exact) mass is 552 g/mol. The number of nitrogens with one attached hydrogen (secondary N) is 1. The van der Waals surface area contributed by atoms with Crippen LogP contribution in [0, 0.1) is 0 Å². The zero-order valence-corrected chi connectivity index (χ0v) is 22.3. The number of carboxylic acids is 1. The fraction of sp³-hybridized carbons (Fsp3) is 0.233. The van der Waals surface area contributed by atoms with Crippen LogP contribution in [0.2, 0.25) is 0 Å². The molecule has 0 spiro atoms. The Labute approximate surface area is 235 Å². The number of carbonyl (C=O) groups excluding carboxylic acids is 2. The highest BCUT2D eigenvalue weighted by atomic mass is 16.6. The second-order valence-corrected chi connectivity index (χ2v) is 10.1. The van der Waals surface area contributed by atoms with E-state index in [1.54, 1.807) is 23.1 Å². The minimum Gasteiger partial charge on any atom is -0.478 e.